The van der Waals surface area contributed by atoms with Crippen LogP contribution >= 0.6 is 0 Å². The number of hydrogen-bond donors (Lipinski definition) is 0. The Labute approximate surface area is 194 Å². The second-order valence-corrected chi connectivity index (χ2v) is 9.23. The molecule has 5 rings (SSSR count). The minimum atomic E-state index is -0.598. The first-order valence-corrected chi connectivity index (χ1v) is 11.8. The molecule has 0 radical (unpaired) electrons. The van der Waals surface area contributed by atoms with Crippen molar-refractivity contribution in [1.29, 1.82) is 0 Å². The van der Waals surface area contributed by atoms with Gasteiger partial charge in [-0.1, -0.05) is 36.4 Å². The average molecular weight is 450 g/mol. The standard InChI is InChI=1S/C26H31N3O4/c1-20-22(8-5-9-23(20)27-14-16-32-17-15-27)24(30)28-13-11-26(18-28)19-29(25(31)33-26)12-10-21-6-3-2-4-7-21/h2-9H,10-19H2,1H3/t26-/m1/s1. The summed E-state index contributed by atoms with van der Waals surface area (Å²) >= 11 is 0. The number of likely N-dealkylation sites (tertiary alicyclic amines) is 1. The molecular weight excluding hydrogens is 418 g/mol. The molecule has 2 amide bonds. The largest absolute Gasteiger partial charge is 0.439 e. The van der Waals surface area contributed by atoms with E-state index in [-0.39, 0.29) is 12.0 Å². The summed E-state index contributed by atoms with van der Waals surface area (Å²) in [6, 6.07) is 16.1. The maximum atomic E-state index is 13.4. The highest BCUT2D eigenvalue weighted by atomic mass is 16.6. The topological polar surface area (TPSA) is 62.3 Å². The molecule has 2 aromatic carbocycles. The summed E-state index contributed by atoms with van der Waals surface area (Å²) in [6.45, 7) is 7.30. The predicted molar refractivity (Wildman–Crippen MR) is 126 cm³/mol. The number of hydrogen-bond acceptors (Lipinski definition) is 5. The van der Waals surface area contributed by atoms with Crippen molar-refractivity contribution in [3.05, 3.63) is 65.2 Å². The maximum Gasteiger partial charge on any atom is 0.410 e. The number of morpholine rings is 1. The molecule has 0 saturated carbocycles. The molecule has 33 heavy (non-hydrogen) atoms. The van der Waals surface area contributed by atoms with Crippen molar-refractivity contribution in [3.63, 3.8) is 0 Å². The molecule has 1 atom stereocenters. The highest BCUT2D eigenvalue weighted by molar-refractivity contribution is 5.97. The number of carbonyl (C=O) groups excluding carboxylic acids is 2. The Morgan fingerprint density at radius 2 is 1.79 bits per heavy atom. The van der Waals surface area contributed by atoms with Crippen LogP contribution in [0.1, 0.15) is 27.9 Å². The van der Waals surface area contributed by atoms with Gasteiger partial charge in [0.05, 0.1) is 26.3 Å². The monoisotopic (exact) mass is 449 g/mol. The lowest BCUT2D eigenvalue weighted by Crippen LogP contribution is -2.40. The Bertz CT molecular complexity index is 1020. The molecule has 3 saturated heterocycles. The van der Waals surface area contributed by atoms with Crippen LogP contribution in [-0.2, 0) is 15.9 Å². The summed E-state index contributed by atoms with van der Waals surface area (Å²) in [6.07, 6.45) is 1.20. The zero-order chi connectivity index (χ0) is 22.8. The highest BCUT2D eigenvalue weighted by Crippen LogP contribution is 2.34. The predicted octanol–water partition coefficient (Wildman–Crippen LogP) is 3.11. The lowest BCUT2D eigenvalue weighted by molar-refractivity contribution is 0.0552. The summed E-state index contributed by atoms with van der Waals surface area (Å²) in [5.41, 5.74) is 3.42. The molecule has 7 heteroatoms. The van der Waals surface area contributed by atoms with Crippen LogP contribution in [0.3, 0.4) is 0 Å². The van der Waals surface area contributed by atoms with Gasteiger partial charge in [0.25, 0.3) is 5.91 Å². The number of benzene rings is 2. The first-order chi connectivity index (χ1) is 16.0. The normalized spacial score (nSPS) is 22.8. The molecule has 0 aromatic heterocycles. The van der Waals surface area contributed by atoms with Crippen molar-refractivity contribution in [2.75, 3.05) is 57.4 Å². The minimum absolute atomic E-state index is 0.0123. The van der Waals surface area contributed by atoms with Crippen LogP contribution in [-0.4, -0.2) is 79.9 Å². The van der Waals surface area contributed by atoms with Crippen molar-refractivity contribution in [2.24, 2.45) is 0 Å². The molecule has 3 aliphatic heterocycles. The molecule has 1 spiro atoms. The van der Waals surface area contributed by atoms with Gasteiger partial charge in [-0.3, -0.25) is 4.79 Å². The molecule has 174 valence electrons. The molecule has 0 N–H and O–H groups in total. The summed E-state index contributed by atoms with van der Waals surface area (Å²) < 4.78 is 11.3. The van der Waals surface area contributed by atoms with E-state index >= 15 is 0 Å². The lowest BCUT2D eigenvalue weighted by Gasteiger charge is -2.31. The fourth-order valence-electron chi connectivity index (χ4n) is 5.18. The third kappa shape index (κ3) is 4.42. The van der Waals surface area contributed by atoms with Gasteiger partial charge in [0.15, 0.2) is 5.60 Å². The number of nitrogens with zero attached hydrogens (tertiary/aromatic N) is 3. The Morgan fingerprint density at radius 1 is 1.00 bits per heavy atom. The SMILES string of the molecule is Cc1c(C(=O)N2CC[C@]3(CN(CCc4ccccc4)C(=O)O3)C2)cccc1N1CCOCC1. The molecule has 3 heterocycles. The van der Waals surface area contributed by atoms with Crippen molar-refractivity contribution in [2.45, 2.75) is 25.4 Å². The quantitative estimate of drug-likeness (QED) is 0.702. The van der Waals surface area contributed by atoms with Gasteiger partial charge in [0, 0.05) is 43.9 Å². The molecule has 0 aliphatic carbocycles. The number of rotatable bonds is 5. The fourth-order valence-corrected chi connectivity index (χ4v) is 5.18. The van der Waals surface area contributed by atoms with E-state index in [1.54, 1.807) is 4.90 Å². The van der Waals surface area contributed by atoms with E-state index in [4.69, 9.17) is 9.47 Å². The van der Waals surface area contributed by atoms with Crippen LogP contribution < -0.4 is 4.90 Å². The third-order valence-electron chi connectivity index (χ3n) is 7.05. The van der Waals surface area contributed by atoms with Gasteiger partial charge >= 0.3 is 6.09 Å². The Balaban J connectivity index is 1.24. The van der Waals surface area contributed by atoms with Crippen LogP contribution in [0.4, 0.5) is 10.5 Å². The van der Waals surface area contributed by atoms with E-state index < -0.39 is 5.60 Å². The first-order valence-electron chi connectivity index (χ1n) is 11.8. The summed E-state index contributed by atoms with van der Waals surface area (Å²) in [5, 5.41) is 0. The third-order valence-corrected chi connectivity index (χ3v) is 7.05. The van der Waals surface area contributed by atoms with Crippen molar-refractivity contribution in [1.82, 2.24) is 9.80 Å². The Kier molecular flexibility index (Phi) is 5.98. The lowest BCUT2D eigenvalue weighted by atomic mass is 10.0. The van der Waals surface area contributed by atoms with Crippen molar-refractivity contribution < 1.29 is 19.1 Å². The van der Waals surface area contributed by atoms with Gasteiger partial charge < -0.3 is 24.2 Å². The van der Waals surface area contributed by atoms with Gasteiger partial charge in [-0.15, -0.1) is 0 Å². The molecule has 2 aromatic rings. The molecule has 0 unspecified atom stereocenters. The number of ether oxygens (including phenoxy) is 2. The molecular formula is C26H31N3O4. The first kappa shape index (κ1) is 21.8. The van der Waals surface area contributed by atoms with E-state index in [9.17, 15) is 9.59 Å². The van der Waals surface area contributed by atoms with Crippen LogP contribution in [0.25, 0.3) is 0 Å². The van der Waals surface area contributed by atoms with Crippen LogP contribution in [0.15, 0.2) is 48.5 Å². The highest BCUT2D eigenvalue weighted by Gasteiger charge is 2.50. The van der Waals surface area contributed by atoms with Gasteiger partial charge in [0.1, 0.15) is 0 Å². The minimum Gasteiger partial charge on any atom is -0.439 e. The number of carbonyl (C=O) groups is 2. The number of amides is 2. The van der Waals surface area contributed by atoms with Gasteiger partial charge in [0.2, 0.25) is 0 Å². The smallest absolute Gasteiger partial charge is 0.410 e. The van der Waals surface area contributed by atoms with Gasteiger partial charge in [-0.05, 0) is 36.6 Å². The average Bonchev–Trinajstić information content (AvgIpc) is 3.40. The molecule has 0 bridgehead atoms. The van der Waals surface area contributed by atoms with E-state index in [0.717, 1.165) is 36.3 Å². The van der Waals surface area contributed by atoms with E-state index in [1.807, 2.05) is 42.2 Å². The summed E-state index contributed by atoms with van der Waals surface area (Å²) in [5.74, 6) is 0.0123. The molecule has 3 fully saturated rings. The second kappa shape index (κ2) is 9.06. The van der Waals surface area contributed by atoms with Crippen molar-refractivity contribution in [3.8, 4) is 0 Å². The zero-order valence-corrected chi connectivity index (χ0v) is 19.2. The van der Waals surface area contributed by atoms with Crippen LogP contribution in [0, 0.1) is 6.92 Å². The van der Waals surface area contributed by atoms with E-state index in [2.05, 4.69) is 23.1 Å². The van der Waals surface area contributed by atoms with Crippen LogP contribution in [0.5, 0.6) is 0 Å². The zero-order valence-electron chi connectivity index (χ0n) is 19.2. The van der Waals surface area contributed by atoms with E-state index in [1.165, 1.54) is 5.56 Å². The van der Waals surface area contributed by atoms with Gasteiger partial charge in [-0.25, -0.2) is 4.79 Å². The van der Waals surface area contributed by atoms with Crippen molar-refractivity contribution >= 4 is 17.7 Å². The summed E-state index contributed by atoms with van der Waals surface area (Å²) in [4.78, 5) is 31.9. The maximum absolute atomic E-state index is 13.4. The molecule has 3 aliphatic rings. The van der Waals surface area contributed by atoms with Crippen LogP contribution in [0.2, 0.25) is 0 Å². The van der Waals surface area contributed by atoms with Gasteiger partial charge in [-0.2, -0.15) is 0 Å². The fraction of sp³-hybridized carbons (Fsp3) is 0.462. The van der Waals surface area contributed by atoms with E-state index in [0.29, 0.717) is 45.8 Å². The number of anilines is 1. The molecule has 7 nitrogen and oxygen atoms in total. The Morgan fingerprint density at radius 3 is 2.58 bits per heavy atom. The Hall–Kier alpha value is -3.06. The summed E-state index contributed by atoms with van der Waals surface area (Å²) in [7, 11) is 0. The second-order valence-electron chi connectivity index (χ2n) is 9.23.